The fraction of sp³-hybridized carbons (Fsp3) is 0.600. The summed E-state index contributed by atoms with van der Waals surface area (Å²) >= 11 is 0. The fourth-order valence-electron chi connectivity index (χ4n) is 3.07. The molecule has 0 spiro atoms. The molecule has 2 atom stereocenters. The van der Waals surface area contributed by atoms with Gasteiger partial charge in [0.15, 0.2) is 0 Å². The first kappa shape index (κ1) is 12.6. The molecule has 2 unspecified atom stereocenters. The zero-order valence-electron chi connectivity index (χ0n) is 11.4. The summed E-state index contributed by atoms with van der Waals surface area (Å²) in [6, 6.07) is 10.7. The highest BCUT2D eigenvalue weighted by Crippen LogP contribution is 2.51. The Bertz CT molecular complexity index is 385. The van der Waals surface area contributed by atoms with E-state index in [1.807, 2.05) is 5.01 Å². The van der Waals surface area contributed by atoms with Crippen LogP contribution in [0.15, 0.2) is 30.3 Å². The molecule has 0 bridgehead atoms. The Morgan fingerprint density at radius 1 is 1.18 bits per heavy atom. The maximum Gasteiger partial charge on any atom is 0.0625 e. The molecule has 1 aliphatic heterocycles. The van der Waals surface area contributed by atoms with Crippen molar-refractivity contribution in [3.63, 3.8) is 0 Å². The lowest BCUT2D eigenvalue weighted by molar-refractivity contribution is -0.0843. The molecular formula is C15H24N2. The lowest BCUT2D eigenvalue weighted by atomic mass is 9.59. The average Bonchev–Trinajstić information content (AvgIpc) is 2.33. The number of hydrogen-bond donors (Lipinski definition) is 1. The second-order valence-electron chi connectivity index (χ2n) is 6.04. The van der Waals surface area contributed by atoms with Gasteiger partial charge in [-0.25, -0.2) is 5.01 Å². The molecule has 1 saturated heterocycles. The van der Waals surface area contributed by atoms with E-state index in [2.05, 4.69) is 58.0 Å². The summed E-state index contributed by atoms with van der Waals surface area (Å²) in [5, 5.41) is 2.03. The van der Waals surface area contributed by atoms with Crippen molar-refractivity contribution < 1.29 is 0 Å². The third-order valence-corrected chi connectivity index (χ3v) is 5.20. The minimum absolute atomic E-state index is 0.0913. The molecule has 17 heavy (non-hydrogen) atoms. The molecule has 1 aliphatic rings. The summed E-state index contributed by atoms with van der Waals surface area (Å²) in [6.07, 6.45) is 1.17. The van der Waals surface area contributed by atoms with Gasteiger partial charge in [0.25, 0.3) is 0 Å². The predicted molar refractivity (Wildman–Crippen MR) is 72.2 cm³/mol. The largest absolute Gasteiger partial charge is 0.268 e. The van der Waals surface area contributed by atoms with Gasteiger partial charge in [0.2, 0.25) is 0 Å². The van der Waals surface area contributed by atoms with Crippen molar-refractivity contribution in [2.45, 2.75) is 39.7 Å². The van der Waals surface area contributed by atoms with Gasteiger partial charge in [-0.05, 0) is 30.2 Å². The van der Waals surface area contributed by atoms with Crippen molar-refractivity contribution in [3.05, 3.63) is 35.9 Å². The number of nitrogens with zero attached hydrogens (tertiary/aromatic N) is 1. The van der Waals surface area contributed by atoms with Crippen LogP contribution in [0, 0.1) is 11.3 Å². The van der Waals surface area contributed by atoms with E-state index in [1.165, 1.54) is 12.0 Å². The summed E-state index contributed by atoms with van der Waals surface area (Å²) in [4.78, 5) is 0. The summed E-state index contributed by atoms with van der Waals surface area (Å²) in [6.45, 7) is 10.3. The lowest BCUT2D eigenvalue weighted by Gasteiger charge is -2.56. The number of hydrazine groups is 1. The zero-order chi connectivity index (χ0) is 12.7. The Kier molecular flexibility index (Phi) is 3.04. The van der Waals surface area contributed by atoms with Gasteiger partial charge in [-0.3, -0.25) is 5.84 Å². The van der Waals surface area contributed by atoms with E-state index >= 15 is 0 Å². The highest BCUT2D eigenvalue weighted by Gasteiger charge is 2.51. The van der Waals surface area contributed by atoms with Gasteiger partial charge in [0, 0.05) is 6.54 Å². The van der Waals surface area contributed by atoms with E-state index in [-0.39, 0.29) is 11.0 Å². The third-order valence-electron chi connectivity index (χ3n) is 5.20. The van der Waals surface area contributed by atoms with Crippen molar-refractivity contribution in [3.8, 4) is 0 Å². The lowest BCUT2D eigenvalue weighted by Crippen LogP contribution is -2.62. The molecule has 94 valence electrons. The van der Waals surface area contributed by atoms with E-state index in [1.54, 1.807) is 0 Å². The molecule has 1 fully saturated rings. The topological polar surface area (TPSA) is 29.3 Å². The monoisotopic (exact) mass is 232 g/mol. The van der Waals surface area contributed by atoms with Crippen molar-refractivity contribution in [2.24, 2.45) is 17.2 Å². The van der Waals surface area contributed by atoms with Crippen LogP contribution in [-0.4, -0.2) is 11.6 Å². The van der Waals surface area contributed by atoms with Crippen LogP contribution in [-0.2, 0) is 5.54 Å². The van der Waals surface area contributed by atoms with Crippen LogP contribution in [0.4, 0.5) is 0 Å². The molecule has 0 aliphatic carbocycles. The molecule has 2 nitrogen and oxygen atoms in total. The second-order valence-corrected chi connectivity index (χ2v) is 6.04. The van der Waals surface area contributed by atoms with Gasteiger partial charge in [0.05, 0.1) is 5.54 Å². The van der Waals surface area contributed by atoms with E-state index in [4.69, 9.17) is 5.84 Å². The molecule has 2 rings (SSSR count). The van der Waals surface area contributed by atoms with Crippen LogP contribution in [0.3, 0.4) is 0 Å². The highest BCUT2D eigenvalue weighted by atomic mass is 15.5. The van der Waals surface area contributed by atoms with Crippen LogP contribution in [0.5, 0.6) is 0 Å². The molecule has 0 saturated carbocycles. The second kappa shape index (κ2) is 4.11. The van der Waals surface area contributed by atoms with E-state index in [0.717, 1.165) is 6.54 Å². The quantitative estimate of drug-likeness (QED) is 0.754. The highest BCUT2D eigenvalue weighted by molar-refractivity contribution is 5.27. The van der Waals surface area contributed by atoms with Gasteiger partial charge < -0.3 is 0 Å². The molecule has 1 aromatic rings. The zero-order valence-corrected chi connectivity index (χ0v) is 11.4. The van der Waals surface area contributed by atoms with Crippen LogP contribution in [0.1, 0.15) is 39.7 Å². The standard InChI is InChI=1S/C15H24N2/c1-12-10-11-17(16)15(4,14(12,2)3)13-8-6-5-7-9-13/h5-9,12H,10-11,16H2,1-4H3. The molecule has 2 heteroatoms. The van der Waals surface area contributed by atoms with Gasteiger partial charge in [0.1, 0.15) is 0 Å². The summed E-state index contributed by atoms with van der Waals surface area (Å²) in [5.74, 6) is 6.99. The number of hydrogen-bond acceptors (Lipinski definition) is 2. The van der Waals surface area contributed by atoms with Crippen molar-refractivity contribution in [2.75, 3.05) is 6.54 Å². The molecule has 0 aromatic heterocycles. The molecular weight excluding hydrogens is 208 g/mol. The predicted octanol–water partition coefficient (Wildman–Crippen LogP) is 3.14. The van der Waals surface area contributed by atoms with E-state index in [0.29, 0.717) is 5.92 Å². The maximum atomic E-state index is 6.32. The molecule has 0 amide bonds. The SMILES string of the molecule is CC1CCN(N)C(C)(c2ccccc2)C1(C)C. The van der Waals surface area contributed by atoms with Crippen molar-refractivity contribution >= 4 is 0 Å². The Morgan fingerprint density at radius 2 is 1.76 bits per heavy atom. The van der Waals surface area contributed by atoms with Crippen LogP contribution in [0.25, 0.3) is 0 Å². The third kappa shape index (κ3) is 1.71. The van der Waals surface area contributed by atoms with Crippen LogP contribution in [0.2, 0.25) is 0 Å². The minimum atomic E-state index is -0.0913. The Balaban J connectivity index is 2.52. The molecule has 0 radical (unpaired) electrons. The summed E-state index contributed by atoms with van der Waals surface area (Å²) < 4.78 is 0. The van der Waals surface area contributed by atoms with Crippen molar-refractivity contribution in [1.29, 1.82) is 0 Å². The summed E-state index contributed by atoms with van der Waals surface area (Å²) in [7, 11) is 0. The normalized spacial score (nSPS) is 33.6. The van der Waals surface area contributed by atoms with Crippen LogP contribution >= 0.6 is 0 Å². The first-order valence-electron chi connectivity index (χ1n) is 6.48. The van der Waals surface area contributed by atoms with Crippen LogP contribution < -0.4 is 5.84 Å². The molecule has 1 aromatic carbocycles. The number of piperidine rings is 1. The van der Waals surface area contributed by atoms with Crippen molar-refractivity contribution in [1.82, 2.24) is 5.01 Å². The fourth-order valence-corrected chi connectivity index (χ4v) is 3.07. The molecule has 2 N–H and O–H groups in total. The van der Waals surface area contributed by atoms with Gasteiger partial charge in [-0.1, -0.05) is 51.1 Å². The smallest absolute Gasteiger partial charge is 0.0625 e. The number of benzene rings is 1. The number of rotatable bonds is 1. The Labute approximate surface area is 105 Å². The Hall–Kier alpha value is -0.860. The molecule has 1 heterocycles. The Morgan fingerprint density at radius 3 is 2.35 bits per heavy atom. The minimum Gasteiger partial charge on any atom is -0.268 e. The summed E-state index contributed by atoms with van der Waals surface area (Å²) in [5.41, 5.74) is 1.40. The first-order valence-corrected chi connectivity index (χ1v) is 6.48. The average molecular weight is 232 g/mol. The van der Waals surface area contributed by atoms with Gasteiger partial charge in [-0.15, -0.1) is 0 Å². The number of nitrogens with two attached hydrogens (primary N) is 1. The first-order chi connectivity index (χ1) is 7.90. The van der Waals surface area contributed by atoms with E-state index in [9.17, 15) is 0 Å². The maximum absolute atomic E-state index is 6.32. The van der Waals surface area contributed by atoms with E-state index < -0.39 is 0 Å². The van der Waals surface area contributed by atoms with Gasteiger partial charge >= 0.3 is 0 Å². The van der Waals surface area contributed by atoms with Gasteiger partial charge in [-0.2, -0.15) is 0 Å².